The third-order valence-electron chi connectivity index (χ3n) is 8.26. The summed E-state index contributed by atoms with van der Waals surface area (Å²) in [6.45, 7) is 12.9. The van der Waals surface area contributed by atoms with Crippen LogP contribution in [0.3, 0.4) is 0 Å². The molecule has 0 fully saturated rings. The van der Waals surface area contributed by atoms with Gasteiger partial charge in [-0.3, -0.25) is 24.0 Å². The maximum absolute atomic E-state index is 13.7. The molecule has 1 aromatic carbocycles. The first-order valence-corrected chi connectivity index (χ1v) is 17.3. The van der Waals surface area contributed by atoms with Crippen LogP contribution in [0.4, 0.5) is 4.79 Å². The monoisotopic (exact) mass is 700 g/mol. The number of aliphatic hydroxyl groups is 1. The van der Waals surface area contributed by atoms with Crippen molar-refractivity contribution in [1.29, 1.82) is 0 Å². The summed E-state index contributed by atoms with van der Waals surface area (Å²) < 4.78 is 5.07. The van der Waals surface area contributed by atoms with Gasteiger partial charge in [-0.1, -0.05) is 84.9 Å². The van der Waals surface area contributed by atoms with Crippen LogP contribution < -0.4 is 31.9 Å². The van der Waals surface area contributed by atoms with Gasteiger partial charge in [0.05, 0.1) is 18.6 Å². The third-order valence-corrected chi connectivity index (χ3v) is 8.26. The van der Waals surface area contributed by atoms with E-state index in [9.17, 15) is 33.9 Å². The molecule has 0 saturated carbocycles. The Bertz CT molecular complexity index is 1320. The molecule has 50 heavy (non-hydrogen) atoms. The predicted octanol–water partition coefficient (Wildman–Crippen LogP) is 1.67. The number of hydrogen-bond acceptors (Lipinski definition) is 8. The summed E-state index contributed by atoms with van der Waals surface area (Å²) in [5.41, 5.74) is 0.921. The van der Waals surface area contributed by atoms with E-state index in [-0.39, 0.29) is 43.2 Å². The Morgan fingerprint density at radius 1 is 0.900 bits per heavy atom. The molecule has 0 radical (unpaired) electrons. The summed E-state index contributed by atoms with van der Waals surface area (Å²) in [7, 11) is 0. The molecule has 6 amide bonds. The SMILES string of the molecule is CC(C)C[C@H](NC(=O)[C@@H]1CC(=O)NC/C=C\COC(=O)N[C@@H](C(C)C)C(=O)N1)[C@@H](O)C[C@@H](C)C(=O)N[C@H](C(=O)NCc1ccccc1)C(C)C. The van der Waals surface area contributed by atoms with Crippen molar-refractivity contribution in [1.82, 2.24) is 31.9 Å². The molecule has 2 rings (SSSR count). The van der Waals surface area contributed by atoms with Gasteiger partial charge in [-0.05, 0) is 42.2 Å². The number of hydrogen-bond donors (Lipinski definition) is 7. The maximum atomic E-state index is 13.7. The van der Waals surface area contributed by atoms with E-state index >= 15 is 0 Å². The molecule has 278 valence electrons. The first-order valence-electron chi connectivity index (χ1n) is 17.3. The Balaban J connectivity index is 2.16. The Labute approximate surface area is 295 Å². The topological polar surface area (TPSA) is 204 Å². The molecule has 14 heteroatoms. The molecule has 1 aliphatic rings. The lowest BCUT2D eigenvalue weighted by molar-refractivity contribution is -0.134. The van der Waals surface area contributed by atoms with Gasteiger partial charge in [-0.15, -0.1) is 0 Å². The van der Waals surface area contributed by atoms with Crippen molar-refractivity contribution < 1.29 is 38.6 Å². The lowest BCUT2D eigenvalue weighted by atomic mass is 9.91. The summed E-state index contributed by atoms with van der Waals surface area (Å²) >= 11 is 0. The number of ether oxygens (including phenoxy) is 1. The van der Waals surface area contributed by atoms with Crippen molar-refractivity contribution in [2.24, 2.45) is 23.7 Å². The van der Waals surface area contributed by atoms with Crippen molar-refractivity contribution in [3.05, 3.63) is 48.0 Å². The van der Waals surface area contributed by atoms with Crippen LogP contribution in [-0.2, 0) is 35.3 Å². The van der Waals surface area contributed by atoms with Gasteiger partial charge >= 0.3 is 6.09 Å². The van der Waals surface area contributed by atoms with E-state index in [0.29, 0.717) is 13.0 Å². The van der Waals surface area contributed by atoms with E-state index in [0.717, 1.165) is 5.56 Å². The zero-order valence-electron chi connectivity index (χ0n) is 30.3. The number of carbonyl (C=O) groups excluding carboxylic acids is 6. The summed E-state index contributed by atoms with van der Waals surface area (Å²) in [4.78, 5) is 78.3. The fraction of sp³-hybridized carbons (Fsp3) is 0.611. The number of alkyl carbamates (subject to hydrolysis) is 1. The molecular formula is C36H56N6O8. The minimum Gasteiger partial charge on any atom is -0.445 e. The first kappa shape index (κ1) is 41.7. The van der Waals surface area contributed by atoms with E-state index in [1.807, 2.05) is 58.0 Å². The number of benzene rings is 1. The second-order valence-corrected chi connectivity index (χ2v) is 13.9. The number of rotatable bonds is 14. The number of aliphatic hydroxyl groups excluding tert-OH is 1. The minimum absolute atomic E-state index is 0.0203. The van der Waals surface area contributed by atoms with Crippen LogP contribution in [0.1, 0.15) is 73.3 Å². The largest absolute Gasteiger partial charge is 0.445 e. The van der Waals surface area contributed by atoms with Gasteiger partial charge in [0.2, 0.25) is 29.5 Å². The number of nitrogens with one attached hydrogen (secondary N) is 6. The molecule has 1 heterocycles. The van der Waals surface area contributed by atoms with E-state index in [4.69, 9.17) is 4.74 Å². The summed E-state index contributed by atoms with van der Waals surface area (Å²) in [5.74, 6) is -3.95. The van der Waals surface area contributed by atoms with E-state index in [1.165, 1.54) is 0 Å². The van der Waals surface area contributed by atoms with Crippen molar-refractivity contribution >= 4 is 35.6 Å². The molecule has 0 saturated heterocycles. The van der Waals surface area contributed by atoms with Crippen molar-refractivity contribution in [2.75, 3.05) is 13.2 Å². The second kappa shape index (κ2) is 20.9. The van der Waals surface area contributed by atoms with Crippen LogP contribution >= 0.6 is 0 Å². The molecule has 0 unspecified atom stereocenters. The fourth-order valence-corrected chi connectivity index (χ4v) is 5.34. The fourth-order valence-electron chi connectivity index (χ4n) is 5.34. The predicted molar refractivity (Wildman–Crippen MR) is 188 cm³/mol. The molecule has 0 spiro atoms. The van der Waals surface area contributed by atoms with Crippen LogP contribution in [0.5, 0.6) is 0 Å². The highest BCUT2D eigenvalue weighted by Gasteiger charge is 2.34. The van der Waals surface area contributed by atoms with E-state index in [2.05, 4.69) is 31.9 Å². The molecule has 14 nitrogen and oxygen atoms in total. The van der Waals surface area contributed by atoms with Gasteiger partial charge in [-0.25, -0.2) is 4.79 Å². The van der Waals surface area contributed by atoms with E-state index in [1.54, 1.807) is 32.9 Å². The summed E-state index contributed by atoms with van der Waals surface area (Å²) in [5, 5.41) is 27.5. The Hall–Kier alpha value is -4.46. The highest BCUT2D eigenvalue weighted by Crippen LogP contribution is 2.17. The standard InChI is InChI=1S/C36H56N6O8/c1-21(2)17-26(28(43)18-24(7)32(45)41-30(22(3)4)34(47)38-20-25-13-9-8-10-14-25)39-33(46)27-19-29(44)37-15-11-12-16-50-36(49)42-31(23(5)6)35(48)40-27/h8-14,21-24,26-28,30-31,43H,15-20H2,1-7H3,(H,37,44)(H,38,47)(H,39,46)(H,40,48)(H,41,45)(H,42,49)/b12-11-/t24-,26+,27+,28+,30+,31+/m1/s1. The quantitative estimate of drug-likeness (QED) is 0.142. The second-order valence-electron chi connectivity index (χ2n) is 13.9. The molecule has 1 aromatic rings. The Morgan fingerprint density at radius 2 is 1.58 bits per heavy atom. The Kier molecular flexibility index (Phi) is 17.4. The molecule has 1 aliphatic heterocycles. The summed E-state index contributed by atoms with van der Waals surface area (Å²) in [6.07, 6.45) is 1.05. The van der Waals surface area contributed by atoms with Gasteiger partial charge in [0.25, 0.3) is 0 Å². The highest BCUT2D eigenvalue weighted by atomic mass is 16.5. The molecular weight excluding hydrogens is 644 g/mol. The number of amides is 6. The average Bonchev–Trinajstić information content (AvgIpc) is 3.05. The van der Waals surface area contributed by atoms with Crippen LogP contribution in [0.15, 0.2) is 42.5 Å². The van der Waals surface area contributed by atoms with Crippen LogP contribution in [0.25, 0.3) is 0 Å². The average molecular weight is 701 g/mol. The summed E-state index contributed by atoms with van der Waals surface area (Å²) in [6, 6.07) is 5.38. The lowest BCUT2D eigenvalue weighted by Crippen LogP contribution is -2.58. The van der Waals surface area contributed by atoms with Crippen LogP contribution in [0.2, 0.25) is 0 Å². The zero-order chi connectivity index (χ0) is 37.4. The van der Waals surface area contributed by atoms with Crippen molar-refractivity contribution in [3.8, 4) is 0 Å². The minimum atomic E-state index is -1.34. The van der Waals surface area contributed by atoms with Crippen LogP contribution in [-0.4, -0.2) is 84.2 Å². The van der Waals surface area contributed by atoms with Gasteiger partial charge in [0.15, 0.2) is 0 Å². The molecule has 0 aromatic heterocycles. The first-order chi connectivity index (χ1) is 23.6. The molecule has 6 atom stereocenters. The lowest BCUT2D eigenvalue weighted by Gasteiger charge is -2.30. The zero-order valence-corrected chi connectivity index (χ0v) is 30.3. The highest BCUT2D eigenvalue weighted by molar-refractivity contribution is 5.94. The normalized spacial score (nSPS) is 20.6. The molecule has 0 aliphatic carbocycles. The van der Waals surface area contributed by atoms with Crippen molar-refractivity contribution in [2.45, 2.75) is 105 Å². The van der Waals surface area contributed by atoms with Crippen molar-refractivity contribution in [3.63, 3.8) is 0 Å². The smallest absolute Gasteiger partial charge is 0.408 e. The van der Waals surface area contributed by atoms with Gasteiger partial charge < -0.3 is 41.7 Å². The van der Waals surface area contributed by atoms with Gasteiger partial charge in [0.1, 0.15) is 24.7 Å². The number of carbonyl (C=O) groups is 6. The third kappa shape index (κ3) is 14.6. The Morgan fingerprint density at radius 3 is 2.20 bits per heavy atom. The van der Waals surface area contributed by atoms with Gasteiger partial charge in [0, 0.05) is 19.0 Å². The maximum Gasteiger partial charge on any atom is 0.408 e. The van der Waals surface area contributed by atoms with Gasteiger partial charge in [-0.2, -0.15) is 0 Å². The molecule has 7 N–H and O–H groups in total. The van der Waals surface area contributed by atoms with E-state index < -0.39 is 72.3 Å². The molecule has 0 bridgehead atoms. The number of cyclic esters (lactones) is 1. The van der Waals surface area contributed by atoms with Crippen LogP contribution in [0, 0.1) is 23.7 Å².